The molecule has 1 N–H and O–H groups in total. The van der Waals surface area contributed by atoms with Crippen LogP contribution in [-0.4, -0.2) is 22.8 Å². The van der Waals surface area contributed by atoms with Crippen LogP contribution in [0.15, 0.2) is 60.0 Å². The van der Waals surface area contributed by atoms with Gasteiger partial charge in [0.2, 0.25) is 5.91 Å². The summed E-state index contributed by atoms with van der Waals surface area (Å²) in [4.78, 5) is 30.3. The number of rotatable bonds is 4. The van der Waals surface area contributed by atoms with Gasteiger partial charge in [0.1, 0.15) is 5.82 Å². The van der Waals surface area contributed by atoms with Gasteiger partial charge in [-0.1, -0.05) is 48.7 Å². The summed E-state index contributed by atoms with van der Waals surface area (Å²) in [6.45, 7) is 0. The normalized spacial score (nSPS) is 20.9. The van der Waals surface area contributed by atoms with E-state index >= 15 is 0 Å². The van der Waals surface area contributed by atoms with Gasteiger partial charge in [-0.25, -0.2) is 4.39 Å². The number of anilines is 1. The van der Waals surface area contributed by atoms with E-state index in [0.717, 1.165) is 36.1 Å². The average molecular weight is 469 g/mol. The number of benzene rings is 2. The molecule has 7 heteroatoms. The number of thiophene rings is 1. The van der Waals surface area contributed by atoms with Crippen molar-refractivity contribution in [1.29, 1.82) is 0 Å². The van der Waals surface area contributed by atoms with Crippen molar-refractivity contribution in [1.82, 2.24) is 4.90 Å². The van der Waals surface area contributed by atoms with E-state index in [1.54, 1.807) is 17.4 Å². The summed E-state index contributed by atoms with van der Waals surface area (Å²) in [6.07, 6.45) is 4.05. The van der Waals surface area contributed by atoms with Crippen LogP contribution in [0.5, 0.6) is 0 Å². The molecule has 2 aliphatic rings. The summed E-state index contributed by atoms with van der Waals surface area (Å²) < 4.78 is 13.6. The molecular weight excluding hydrogens is 447 g/mol. The van der Waals surface area contributed by atoms with Crippen molar-refractivity contribution >= 4 is 40.4 Å². The predicted octanol–water partition coefficient (Wildman–Crippen LogP) is 6.40. The van der Waals surface area contributed by atoms with Crippen molar-refractivity contribution in [2.24, 2.45) is 0 Å². The largest absolute Gasteiger partial charge is 0.327 e. The van der Waals surface area contributed by atoms with Gasteiger partial charge in [-0.15, -0.1) is 11.3 Å². The van der Waals surface area contributed by atoms with Crippen molar-refractivity contribution in [2.45, 2.75) is 43.7 Å². The third-order valence-corrected chi connectivity index (χ3v) is 7.63. The van der Waals surface area contributed by atoms with Crippen molar-refractivity contribution < 1.29 is 14.0 Å². The molecule has 4 nitrogen and oxygen atoms in total. The molecule has 0 radical (unpaired) electrons. The van der Waals surface area contributed by atoms with E-state index in [1.165, 1.54) is 18.2 Å². The lowest BCUT2D eigenvalue weighted by Gasteiger charge is -2.44. The third kappa shape index (κ3) is 3.71. The molecule has 0 bridgehead atoms. The fourth-order valence-corrected chi connectivity index (χ4v) is 6.01. The topological polar surface area (TPSA) is 49.4 Å². The highest BCUT2D eigenvalue weighted by Crippen LogP contribution is 2.47. The lowest BCUT2D eigenvalue weighted by Crippen LogP contribution is -2.49. The number of carbonyl (C=O) groups excluding carboxylic acids is 2. The summed E-state index contributed by atoms with van der Waals surface area (Å²) in [5.74, 6) is -1.39. The predicted molar refractivity (Wildman–Crippen MR) is 125 cm³/mol. The molecule has 2 aromatic carbocycles. The molecule has 1 saturated carbocycles. The zero-order chi connectivity index (χ0) is 22.2. The van der Waals surface area contributed by atoms with Crippen LogP contribution in [-0.2, 0) is 4.79 Å². The van der Waals surface area contributed by atoms with Crippen LogP contribution in [0.4, 0.5) is 10.1 Å². The number of hydrogen-bond donors (Lipinski definition) is 1. The summed E-state index contributed by atoms with van der Waals surface area (Å²) in [5, 5.41) is 4.84. The van der Waals surface area contributed by atoms with Gasteiger partial charge in [0, 0.05) is 22.2 Å². The fourth-order valence-electron chi connectivity index (χ4n) is 4.97. The molecule has 32 heavy (non-hydrogen) atoms. The molecular formula is C25H22ClFN2O2S. The Balaban J connectivity index is 1.61. The van der Waals surface area contributed by atoms with E-state index in [4.69, 9.17) is 11.6 Å². The van der Waals surface area contributed by atoms with Crippen molar-refractivity contribution in [3.63, 3.8) is 0 Å². The third-order valence-electron chi connectivity index (χ3n) is 6.40. The van der Waals surface area contributed by atoms with Crippen molar-refractivity contribution in [3.05, 3.63) is 86.8 Å². The molecule has 0 saturated heterocycles. The number of nitrogens with zero attached hydrogens (tertiary/aromatic N) is 1. The van der Waals surface area contributed by atoms with Crippen LogP contribution in [0.1, 0.15) is 58.4 Å². The van der Waals surface area contributed by atoms with Crippen LogP contribution in [0.25, 0.3) is 0 Å². The monoisotopic (exact) mass is 468 g/mol. The lowest BCUT2D eigenvalue weighted by molar-refractivity contribution is -0.119. The molecule has 2 heterocycles. The van der Waals surface area contributed by atoms with E-state index in [2.05, 4.69) is 5.32 Å². The zero-order valence-corrected chi connectivity index (χ0v) is 18.8. The van der Waals surface area contributed by atoms with Gasteiger partial charge in [-0.3, -0.25) is 9.59 Å². The Morgan fingerprint density at radius 2 is 1.88 bits per heavy atom. The van der Waals surface area contributed by atoms with Gasteiger partial charge >= 0.3 is 0 Å². The Morgan fingerprint density at radius 1 is 1.09 bits per heavy atom. The molecule has 1 aliphatic heterocycles. The first-order chi connectivity index (χ1) is 15.5. The van der Waals surface area contributed by atoms with Crippen LogP contribution in [0.2, 0.25) is 5.02 Å². The van der Waals surface area contributed by atoms with Gasteiger partial charge in [0.15, 0.2) is 0 Å². The van der Waals surface area contributed by atoms with E-state index in [0.29, 0.717) is 11.3 Å². The van der Waals surface area contributed by atoms with Gasteiger partial charge in [-0.05, 0) is 54.1 Å². The first-order valence-corrected chi connectivity index (χ1v) is 12.0. The molecule has 0 spiro atoms. The summed E-state index contributed by atoms with van der Waals surface area (Å²) >= 11 is 7.48. The minimum atomic E-state index is -0.591. The van der Waals surface area contributed by atoms with E-state index in [-0.39, 0.29) is 22.9 Å². The fraction of sp³-hybridized carbons (Fsp3) is 0.280. The smallest absolute Gasteiger partial charge is 0.254 e. The highest BCUT2D eigenvalue weighted by atomic mass is 35.5. The summed E-state index contributed by atoms with van der Waals surface area (Å²) in [6, 6.07) is 15.2. The van der Waals surface area contributed by atoms with E-state index < -0.39 is 17.8 Å². The Labute approximate surface area is 195 Å². The van der Waals surface area contributed by atoms with Crippen LogP contribution in [0.3, 0.4) is 0 Å². The van der Waals surface area contributed by atoms with Gasteiger partial charge < -0.3 is 10.2 Å². The number of amides is 2. The molecule has 2 amide bonds. The van der Waals surface area contributed by atoms with Gasteiger partial charge in [-0.2, -0.15) is 0 Å². The highest BCUT2D eigenvalue weighted by molar-refractivity contribution is 7.10. The zero-order valence-electron chi connectivity index (χ0n) is 17.3. The maximum atomic E-state index is 13.7. The molecule has 3 aromatic rings. The van der Waals surface area contributed by atoms with E-state index in [1.807, 2.05) is 40.6 Å². The van der Waals surface area contributed by atoms with Crippen LogP contribution < -0.4 is 5.32 Å². The Kier molecular flexibility index (Phi) is 5.74. The molecule has 164 valence electrons. The van der Waals surface area contributed by atoms with Gasteiger partial charge in [0.05, 0.1) is 17.0 Å². The molecule has 2 atom stereocenters. The molecule has 1 aromatic heterocycles. The number of carbonyl (C=O) groups is 2. The second-order valence-corrected chi connectivity index (χ2v) is 9.68. The highest BCUT2D eigenvalue weighted by Gasteiger charge is 2.47. The minimum absolute atomic E-state index is 0.0141. The first-order valence-electron chi connectivity index (χ1n) is 10.8. The quantitative estimate of drug-likeness (QED) is 0.481. The number of halogens is 2. The Hall–Kier alpha value is -2.70. The second-order valence-electron chi connectivity index (χ2n) is 8.29. The van der Waals surface area contributed by atoms with E-state index in [9.17, 15) is 14.0 Å². The second kappa shape index (κ2) is 8.68. The first kappa shape index (κ1) is 21.2. The number of hydrogen-bond acceptors (Lipinski definition) is 3. The molecule has 1 aliphatic carbocycles. The Morgan fingerprint density at radius 3 is 2.59 bits per heavy atom. The van der Waals surface area contributed by atoms with Crippen molar-refractivity contribution in [2.75, 3.05) is 5.32 Å². The lowest BCUT2D eigenvalue weighted by atomic mass is 9.80. The average Bonchev–Trinajstić information content (AvgIpc) is 3.50. The summed E-state index contributed by atoms with van der Waals surface area (Å²) in [7, 11) is 0. The maximum Gasteiger partial charge on any atom is 0.254 e. The van der Waals surface area contributed by atoms with Crippen LogP contribution in [0, 0.1) is 5.82 Å². The minimum Gasteiger partial charge on any atom is -0.327 e. The van der Waals surface area contributed by atoms with Crippen molar-refractivity contribution in [3.8, 4) is 0 Å². The molecule has 5 rings (SSSR count). The molecule has 2 unspecified atom stereocenters. The number of nitrogens with one attached hydrogen (secondary N) is 1. The Bertz CT molecular complexity index is 1160. The standard InChI is InChI=1S/C25H22ClFN2O2S/c26-19-14-15(11-12-20(19)27)28-24(30)22-17-8-3-4-9-18(17)25(31)29(16-6-1-2-7-16)23(22)21-10-5-13-32-21/h3-5,8-14,16,22-23H,1-2,6-7H2,(H,28,30). The summed E-state index contributed by atoms with van der Waals surface area (Å²) in [5.41, 5.74) is 1.72. The van der Waals surface area contributed by atoms with Gasteiger partial charge in [0.25, 0.3) is 5.91 Å². The SMILES string of the molecule is O=C(Nc1ccc(F)c(Cl)c1)C1c2ccccc2C(=O)N(C2CCCC2)C1c1cccs1. The molecule has 1 fully saturated rings. The maximum absolute atomic E-state index is 13.7. The number of fused-ring (bicyclic) bond motifs is 1. The van der Waals surface area contributed by atoms with Crippen LogP contribution >= 0.6 is 22.9 Å².